The number of Topliss-reactive ketones (excluding diaryl/α,β-unsaturated/α-hetero) is 1. The molecule has 9 nitrogen and oxygen atoms in total. The molecular weight excluding hydrogens is 474 g/mol. The normalized spacial score (nSPS) is 17.3. The van der Waals surface area contributed by atoms with E-state index in [0.717, 1.165) is 19.6 Å². The van der Waals surface area contributed by atoms with Gasteiger partial charge in [0.05, 0.1) is 42.7 Å². The molecule has 1 aliphatic rings. The highest BCUT2D eigenvalue weighted by atomic mass is 35.5. The Hall–Kier alpha value is -3.43. The van der Waals surface area contributed by atoms with E-state index in [1.807, 2.05) is 0 Å². The van der Waals surface area contributed by atoms with Gasteiger partial charge < -0.3 is 19.6 Å². The molecule has 1 saturated heterocycles. The van der Waals surface area contributed by atoms with Crippen molar-refractivity contribution in [3.8, 4) is 5.75 Å². The molecule has 2 aromatic carbocycles. The summed E-state index contributed by atoms with van der Waals surface area (Å²) >= 11 is 6.19. The summed E-state index contributed by atoms with van der Waals surface area (Å²) < 4.78 is 5.13. The van der Waals surface area contributed by atoms with E-state index in [4.69, 9.17) is 16.3 Å². The van der Waals surface area contributed by atoms with Crippen molar-refractivity contribution in [3.63, 3.8) is 0 Å². The number of methoxy groups -OCH3 is 1. The van der Waals surface area contributed by atoms with E-state index in [-0.39, 0.29) is 28.4 Å². The maximum atomic E-state index is 13.5. The van der Waals surface area contributed by atoms with Crippen LogP contribution in [0.3, 0.4) is 0 Å². The van der Waals surface area contributed by atoms with Crippen LogP contribution in [0.15, 0.2) is 48.0 Å². The number of nitrogens with one attached hydrogen (secondary N) is 1. The maximum absolute atomic E-state index is 13.5. The second-order valence-corrected chi connectivity index (χ2v) is 8.64. The molecule has 10 heteroatoms. The Morgan fingerprint density at radius 3 is 2.34 bits per heavy atom. The largest absolute Gasteiger partial charge is 0.872 e. The molecule has 186 valence electrons. The first-order chi connectivity index (χ1) is 16.7. The number of non-ortho nitro benzene ring substituents is 1. The highest BCUT2D eigenvalue weighted by molar-refractivity contribution is 6.46. The first-order valence-electron chi connectivity index (χ1n) is 11.4. The average molecular weight is 502 g/mol. The Bertz CT molecular complexity index is 1140. The summed E-state index contributed by atoms with van der Waals surface area (Å²) in [5.74, 6) is -1.88. The van der Waals surface area contributed by atoms with Crippen LogP contribution in [0.1, 0.15) is 37.4 Å². The second kappa shape index (κ2) is 11.3. The number of benzene rings is 2. The molecule has 0 aliphatic carbocycles. The third-order valence-corrected chi connectivity index (χ3v) is 6.59. The van der Waals surface area contributed by atoms with Gasteiger partial charge in [-0.05, 0) is 49.2 Å². The highest BCUT2D eigenvalue weighted by Crippen LogP contribution is 2.40. The van der Waals surface area contributed by atoms with Gasteiger partial charge in [-0.1, -0.05) is 23.4 Å². The van der Waals surface area contributed by atoms with Crippen molar-refractivity contribution in [2.75, 3.05) is 33.3 Å². The number of ether oxygens (including phenoxy) is 1. The molecule has 3 rings (SSSR count). The predicted molar refractivity (Wildman–Crippen MR) is 129 cm³/mol. The van der Waals surface area contributed by atoms with E-state index in [2.05, 4.69) is 13.8 Å². The highest BCUT2D eigenvalue weighted by Gasteiger charge is 2.44. The SMILES string of the molecule is CC[NH+](CC)CCCN1C(=O)C(=O)/C(=C(/[O-])c2ccc(OC)c(Cl)c2)C1c1ccc([N+](=O)[O-])cc1. The van der Waals surface area contributed by atoms with Gasteiger partial charge in [0.2, 0.25) is 5.78 Å². The molecule has 1 unspecified atom stereocenters. The van der Waals surface area contributed by atoms with Crippen LogP contribution in [0.25, 0.3) is 5.76 Å². The number of hydrogen-bond acceptors (Lipinski definition) is 6. The van der Waals surface area contributed by atoms with Crippen LogP contribution in [0, 0.1) is 10.1 Å². The van der Waals surface area contributed by atoms with E-state index in [9.17, 15) is 24.8 Å². The number of carbonyl (C=O) groups is 2. The van der Waals surface area contributed by atoms with Crippen LogP contribution in [-0.2, 0) is 9.59 Å². The Morgan fingerprint density at radius 1 is 1.14 bits per heavy atom. The van der Waals surface area contributed by atoms with E-state index in [1.165, 1.54) is 59.4 Å². The summed E-state index contributed by atoms with van der Waals surface area (Å²) in [6.07, 6.45) is 0.634. The van der Waals surface area contributed by atoms with Gasteiger partial charge in [0.15, 0.2) is 0 Å². The zero-order valence-corrected chi connectivity index (χ0v) is 20.6. The maximum Gasteiger partial charge on any atom is 0.295 e. The van der Waals surface area contributed by atoms with Gasteiger partial charge in [-0.2, -0.15) is 0 Å². The number of likely N-dealkylation sites (tertiary alicyclic amines) is 1. The summed E-state index contributed by atoms with van der Waals surface area (Å²) in [6, 6.07) is 9.00. The van der Waals surface area contributed by atoms with Gasteiger partial charge in [0.1, 0.15) is 5.75 Å². The minimum Gasteiger partial charge on any atom is -0.872 e. The molecule has 1 amide bonds. The van der Waals surface area contributed by atoms with Crippen LogP contribution >= 0.6 is 11.6 Å². The quantitative estimate of drug-likeness (QED) is 0.174. The molecule has 0 radical (unpaired) electrons. The molecule has 2 aromatic rings. The summed E-state index contributed by atoms with van der Waals surface area (Å²) in [7, 11) is 1.44. The lowest BCUT2D eigenvalue weighted by Crippen LogP contribution is -3.11. The number of rotatable bonds is 10. The van der Waals surface area contributed by atoms with Crippen molar-refractivity contribution < 1.29 is 29.3 Å². The number of hydrogen-bond donors (Lipinski definition) is 1. The molecule has 1 fully saturated rings. The zero-order valence-electron chi connectivity index (χ0n) is 19.9. The number of nitro groups is 1. The minimum absolute atomic E-state index is 0.129. The number of amides is 1. The number of nitrogens with zero attached hydrogens (tertiary/aromatic N) is 2. The van der Waals surface area contributed by atoms with Crippen molar-refractivity contribution in [2.45, 2.75) is 26.3 Å². The number of halogens is 1. The number of nitro benzene ring substituents is 1. The monoisotopic (exact) mass is 501 g/mol. The van der Waals surface area contributed by atoms with Crippen LogP contribution in [0.4, 0.5) is 5.69 Å². The van der Waals surface area contributed by atoms with E-state index in [1.54, 1.807) is 0 Å². The van der Waals surface area contributed by atoms with Gasteiger partial charge in [0, 0.05) is 30.7 Å². The molecule has 1 heterocycles. The molecule has 1 aliphatic heterocycles. The fourth-order valence-corrected chi connectivity index (χ4v) is 4.55. The Balaban J connectivity index is 2.07. The van der Waals surface area contributed by atoms with Gasteiger partial charge >= 0.3 is 0 Å². The average Bonchev–Trinajstić information content (AvgIpc) is 3.11. The minimum atomic E-state index is -0.948. The fourth-order valence-electron chi connectivity index (χ4n) is 4.29. The first kappa shape index (κ1) is 26.2. The first-order valence-corrected chi connectivity index (χ1v) is 11.8. The molecule has 0 spiro atoms. The Kier molecular flexibility index (Phi) is 8.48. The summed E-state index contributed by atoms with van der Waals surface area (Å²) in [6.45, 7) is 7.10. The van der Waals surface area contributed by atoms with Crippen molar-refractivity contribution in [3.05, 3.63) is 74.3 Å². The van der Waals surface area contributed by atoms with Gasteiger partial charge in [-0.15, -0.1) is 0 Å². The third-order valence-electron chi connectivity index (χ3n) is 6.29. The van der Waals surface area contributed by atoms with Crippen molar-refractivity contribution in [1.82, 2.24) is 4.90 Å². The molecule has 1 atom stereocenters. The summed E-state index contributed by atoms with van der Waals surface area (Å²) in [5, 5.41) is 24.8. The Morgan fingerprint density at radius 2 is 1.80 bits per heavy atom. The standard InChI is InChI=1S/C25H28ClN3O6/c1-4-27(5-2)13-6-14-28-22(16-7-10-18(11-8-16)29(33)34)21(24(31)25(28)32)23(30)17-9-12-20(35-3)19(26)15-17/h7-12,15,22,30H,4-6,13-14H2,1-3H3/b23-21+. The van der Waals surface area contributed by atoms with Gasteiger partial charge in [-0.25, -0.2) is 0 Å². The topological polar surface area (TPSA) is 117 Å². The van der Waals surface area contributed by atoms with Crippen molar-refractivity contribution in [2.24, 2.45) is 0 Å². The summed E-state index contributed by atoms with van der Waals surface area (Å²) in [5.41, 5.74) is 0.275. The van der Waals surface area contributed by atoms with E-state index in [0.29, 0.717) is 17.7 Å². The van der Waals surface area contributed by atoms with Crippen LogP contribution in [0.5, 0.6) is 5.75 Å². The number of ketones is 1. The second-order valence-electron chi connectivity index (χ2n) is 8.23. The molecular formula is C25H28ClN3O6. The lowest BCUT2D eigenvalue weighted by atomic mass is 9.95. The zero-order chi connectivity index (χ0) is 25.7. The Labute approximate surface area is 208 Å². The third kappa shape index (κ3) is 5.47. The summed E-state index contributed by atoms with van der Waals surface area (Å²) in [4.78, 5) is 39.4. The molecule has 0 bridgehead atoms. The number of quaternary nitrogens is 1. The molecule has 1 N–H and O–H groups in total. The smallest absolute Gasteiger partial charge is 0.295 e. The molecule has 0 aromatic heterocycles. The van der Waals surface area contributed by atoms with E-state index >= 15 is 0 Å². The number of carbonyl (C=O) groups excluding carboxylic acids is 2. The fraction of sp³-hybridized carbons (Fsp3) is 0.360. The van der Waals surface area contributed by atoms with Crippen LogP contribution in [0.2, 0.25) is 5.02 Å². The van der Waals surface area contributed by atoms with E-state index < -0.39 is 28.4 Å². The van der Waals surface area contributed by atoms with Crippen molar-refractivity contribution >= 4 is 34.7 Å². The van der Waals surface area contributed by atoms with Crippen molar-refractivity contribution in [1.29, 1.82) is 0 Å². The van der Waals surface area contributed by atoms with Crippen LogP contribution < -0.4 is 14.7 Å². The lowest BCUT2D eigenvalue weighted by Gasteiger charge is -2.28. The van der Waals surface area contributed by atoms with Gasteiger partial charge in [-0.3, -0.25) is 19.7 Å². The predicted octanol–water partition coefficient (Wildman–Crippen LogP) is 1.80. The van der Waals surface area contributed by atoms with Gasteiger partial charge in [0.25, 0.3) is 11.6 Å². The van der Waals surface area contributed by atoms with Crippen LogP contribution in [-0.4, -0.2) is 54.8 Å². The molecule has 0 saturated carbocycles. The lowest BCUT2D eigenvalue weighted by molar-refractivity contribution is -0.896. The molecule has 35 heavy (non-hydrogen) atoms.